The second-order valence-corrected chi connectivity index (χ2v) is 3.87. The van der Waals surface area contributed by atoms with Crippen LogP contribution in [0.4, 0.5) is 0 Å². The van der Waals surface area contributed by atoms with E-state index in [1.807, 2.05) is 38.1 Å². The number of carbonyl (C=O) groups excluding carboxylic acids is 1. The zero-order valence-corrected chi connectivity index (χ0v) is 9.86. The van der Waals surface area contributed by atoms with Crippen molar-refractivity contribution in [3.05, 3.63) is 53.2 Å². The van der Waals surface area contributed by atoms with Gasteiger partial charge in [0.25, 0.3) is 5.91 Å². The summed E-state index contributed by atoms with van der Waals surface area (Å²) in [6.45, 7) is 4.08. The minimum atomic E-state index is -0.207. The van der Waals surface area contributed by atoms with Gasteiger partial charge in [-0.25, -0.2) is 0 Å². The van der Waals surface area contributed by atoms with Gasteiger partial charge >= 0.3 is 0 Å². The van der Waals surface area contributed by atoms with Gasteiger partial charge < -0.3 is 9.73 Å². The maximum absolute atomic E-state index is 11.8. The lowest BCUT2D eigenvalue weighted by Crippen LogP contribution is -2.23. The van der Waals surface area contributed by atoms with Gasteiger partial charge in [-0.15, -0.1) is 0 Å². The SMILES string of the molecule is Cc1cc(C)c(C(=O)NCc2ccccn2)o1. The topological polar surface area (TPSA) is 55.1 Å². The van der Waals surface area contributed by atoms with Gasteiger partial charge in [0.15, 0.2) is 5.76 Å². The Balaban J connectivity index is 2.01. The van der Waals surface area contributed by atoms with E-state index in [4.69, 9.17) is 4.42 Å². The van der Waals surface area contributed by atoms with Gasteiger partial charge in [0, 0.05) is 11.8 Å². The number of furan rings is 1. The average Bonchev–Trinajstić information content (AvgIpc) is 2.67. The number of nitrogens with zero attached hydrogens (tertiary/aromatic N) is 1. The predicted octanol–water partition coefficient (Wildman–Crippen LogP) is 2.22. The van der Waals surface area contributed by atoms with Crippen LogP contribution in [0.15, 0.2) is 34.9 Å². The Kier molecular flexibility index (Phi) is 3.23. The van der Waals surface area contributed by atoms with Gasteiger partial charge in [0.2, 0.25) is 0 Å². The summed E-state index contributed by atoms with van der Waals surface area (Å²) in [6, 6.07) is 7.43. The molecular formula is C13H14N2O2. The Morgan fingerprint density at radius 2 is 2.24 bits per heavy atom. The standard InChI is InChI=1S/C13H14N2O2/c1-9-7-10(2)17-12(9)13(16)15-8-11-5-3-4-6-14-11/h3-7H,8H2,1-2H3,(H,15,16). The van der Waals surface area contributed by atoms with Crippen molar-refractivity contribution in [2.75, 3.05) is 0 Å². The molecule has 0 aliphatic heterocycles. The van der Waals surface area contributed by atoms with Crippen molar-refractivity contribution in [3.63, 3.8) is 0 Å². The number of aryl methyl sites for hydroxylation is 2. The zero-order chi connectivity index (χ0) is 12.3. The first-order chi connectivity index (χ1) is 8.16. The Hall–Kier alpha value is -2.10. The molecule has 2 aromatic heterocycles. The van der Waals surface area contributed by atoms with Crippen molar-refractivity contribution in [3.8, 4) is 0 Å². The zero-order valence-electron chi connectivity index (χ0n) is 9.86. The maximum Gasteiger partial charge on any atom is 0.287 e. The summed E-state index contributed by atoms with van der Waals surface area (Å²) in [5.41, 5.74) is 1.67. The molecule has 17 heavy (non-hydrogen) atoms. The van der Waals surface area contributed by atoms with Crippen molar-refractivity contribution in [1.29, 1.82) is 0 Å². The minimum Gasteiger partial charge on any atom is -0.456 e. The lowest BCUT2D eigenvalue weighted by atomic mass is 10.2. The molecular weight excluding hydrogens is 216 g/mol. The van der Waals surface area contributed by atoms with E-state index in [1.54, 1.807) is 6.20 Å². The summed E-state index contributed by atoms with van der Waals surface area (Å²) in [6.07, 6.45) is 1.70. The number of amides is 1. The first kappa shape index (κ1) is 11.4. The van der Waals surface area contributed by atoms with Crippen molar-refractivity contribution >= 4 is 5.91 Å². The summed E-state index contributed by atoms with van der Waals surface area (Å²) in [5, 5.41) is 2.77. The Morgan fingerprint density at radius 3 is 2.82 bits per heavy atom. The molecule has 0 aliphatic carbocycles. The van der Waals surface area contributed by atoms with Crippen LogP contribution in [-0.4, -0.2) is 10.9 Å². The van der Waals surface area contributed by atoms with E-state index in [0.29, 0.717) is 12.3 Å². The van der Waals surface area contributed by atoms with E-state index in [-0.39, 0.29) is 5.91 Å². The highest BCUT2D eigenvalue weighted by Gasteiger charge is 2.13. The molecule has 0 spiro atoms. The molecule has 0 aromatic carbocycles. The summed E-state index contributed by atoms with van der Waals surface area (Å²) < 4.78 is 5.33. The summed E-state index contributed by atoms with van der Waals surface area (Å²) in [5.74, 6) is 0.908. The molecule has 2 heterocycles. The van der Waals surface area contributed by atoms with Gasteiger partial charge in [0.1, 0.15) is 5.76 Å². The monoisotopic (exact) mass is 230 g/mol. The maximum atomic E-state index is 11.8. The van der Waals surface area contributed by atoms with Crippen LogP contribution in [0.1, 0.15) is 27.6 Å². The van der Waals surface area contributed by atoms with Crippen LogP contribution >= 0.6 is 0 Å². The highest BCUT2D eigenvalue weighted by atomic mass is 16.3. The van der Waals surface area contributed by atoms with Gasteiger partial charge in [-0.1, -0.05) is 6.07 Å². The van der Waals surface area contributed by atoms with Crippen LogP contribution in [0.3, 0.4) is 0 Å². The number of aromatic nitrogens is 1. The number of pyridine rings is 1. The first-order valence-corrected chi connectivity index (χ1v) is 5.42. The van der Waals surface area contributed by atoms with Gasteiger partial charge in [0.05, 0.1) is 12.2 Å². The number of nitrogens with one attached hydrogen (secondary N) is 1. The van der Waals surface area contributed by atoms with Crippen molar-refractivity contribution in [1.82, 2.24) is 10.3 Å². The lowest BCUT2D eigenvalue weighted by molar-refractivity contribution is 0.0920. The van der Waals surface area contributed by atoms with Crippen molar-refractivity contribution in [2.24, 2.45) is 0 Å². The van der Waals surface area contributed by atoms with Crippen molar-refractivity contribution in [2.45, 2.75) is 20.4 Å². The van der Waals surface area contributed by atoms with Gasteiger partial charge in [-0.2, -0.15) is 0 Å². The molecule has 4 nitrogen and oxygen atoms in total. The molecule has 0 saturated carbocycles. The second kappa shape index (κ2) is 4.82. The number of hydrogen-bond acceptors (Lipinski definition) is 3. The molecule has 0 unspecified atom stereocenters. The molecule has 88 valence electrons. The Morgan fingerprint density at radius 1 is 1.41 bits per heavy atom. The third-order valence-electron chi connectivity index (χ3n) is 2.40. The molecule has 0 radical (unpaired) electrons. The summed E-state index contributed by atoms with van der Waals surface area (Å²) in [7, 11) is 0. The van der Waals surface area contributed by atoms with Crippen LogP contribution in [0.25, 0.3) is 0 Å². The highest BCUT2D eigenvalue weighted by Crippen LogP contribution is 2.13. The van der Waals surface area contributed by atoms with E-state index in [0.717, 1.165) is 17.0 Å². The van der Waals surface area contributed by atoms with Gasteiger partial charge in [-0.3, -0.25) is 9.78 Å². The number of rotatable bonds is 3. The summed E-state index contributed by atoms with van der Waals surface area (Å²) in [4.78, 5) is 15.9. The smallest absolute Gasteiger partial charge is 0.287 e. The van der Waals surface area contributed by atoms with Crippen molar-refractivity contribution < 1.29 is 9.21 Å². The van der Waals surface area contributed by atoms with Crippen LogP contribution in [0.2, 0.25) is 0 Å². The Labute approximate surface area is 99.7 Å². The predicted molar refractivity (Wildman–Crippen MR) is 63.6 cm³/mol. The quantitative estimate of drug-likeness (QED) is 0.879. The van der Waals surface area contributed by atoms with Crippen LogP contribution < -0.4 is 5.32 Å². The van der Waals surface area contributed by atoms with Crippen LogP contribution in [0, 0.1) is 13.8 Å². The normalized spacial score (nSPS) is 10.2. The van der Waals surface area contributed by atoms with Crippen LogP contribution in [0.5, 0.6) is 0 Å². The summed E-state index contributed by atoms with van der Waals surface area (Å²) >= 11 is 0. The third-order valence-corrected chi connectivity index (χ3v) is 2.40. The Bertz CT molecular complexity index is 517. The second-order valence-electron chi connectivity index (χ2n) is 3.87. The molecule has 0 fully saturated rings. The number of carbonyl (C=O) groups is 1. The fourth-order valence-corrected chi connectivity index (χ4v) is 1.62. The van der Waals surface area contributed by atoms with Crippen LogP contribution in [-0.2, 0) is 6.54 Å². The van der Waals surface area contributed by atoms with E-state index in [9.17, 15) is 4.79 Å². The first-order valence-electron chi connectivity index (χ1n) is 5.42. The van der Waals surface area contributed by atoms with E-state index >= 15 is 0 Å². The van der Waals surface area contributed by atoms with E-state index < -0.39 is 0 Å². The lowest BCUT2D eigenvalue weighted by Gasteiger charge is -2.03. The molecule has 1 N–H and O–H groups in total. The molecule has 4 heteroatoms. The largest absolute Gasteiger partial charge is 0.456 e. The molecule has 2 aromatic rings. The van der Waals surface area contributed by atoms with E-state index in [1.165, 1.54) is 0 Å². The molecule has 0 bridgehead atoms. The minimum absolute atomic E-state index is 0.207. The molecule has 0 saturated heterocycles. The van der Waals surface area contributed by atoms with Gasteiger partial charge in [-0.05, 0) is 32.0 Å². The fraction of sp³-hybridized carbons (Fsp3) is 0.231. The fourth-order valence-electron chi connectivity index (χ4n) is 1.62. The molecule has 0 atom stereocenters. The van der Waals surface area contributed by atoms with E-state index in [2.05, 4.69) is 10.3 Å². The average molecular weight is 230 g/mol. The molecule has 2 rings (SSSR count). The molecule has 1 amide bonds. The molecule has 0 aliphatic rings. The highest BCUT2D eigenvalue weighted by molar-refractivity contribution is 5.92. The third kappa shape index (κ3) is 2.72. The number of hydrogen-bond donors (Lipinski definition) is 1.